The average molecular weight is 699 g/mol. The maximum atomic E-state index is 11.4. The maximum Gasteiger partial charge on any atom is 0.311 e. The summed E-state index contributed by atoms with van der Waals surface area (Å²) in [6.45, 7) is 3.68. The standard InChI is InChI=1S/C19H15BrN4O2.C9H4BrClN2O2/c1-19(2,11-21)12-3-6-14(7-4-12)23-18-15-9-13(20)5-8-16(15)22-10-17(18)24(25)26;10-5-1-2-7-6(3-5)9(11)8(4-12-7)13(14)15/h3-10H,1-2H3,(H,22,23);1-4H. The molecule has 0 saturated carbocycles. The molecule has 0 aliphatic carbocycles. The van der Waals surface area contributed by atoms with Crippen molar-refractivity contribution in [3.05, 3.63) is 113 Å². The van der Waals surface area contributed by atoms with Gasteiger partial charge in [-0.15, -0.1) is 0 Å². The van der Waals surface area contributed by atoms with E-state index in [1.807, 2.05) is 44.2 Å². The van der Waals surface area contributed by atoms with Crippen LogP contribution in [0.1, 0.15) is 19.4 Å². The monoisotopic (exact) mass is 696 g/mol. The van der Waals surface area contributed by atoms with Gasteiger partial charge in [-0.25, -0.2) is 9.97 Å². The molecule has 13 heteroatoms. The number of nitrogens with one attached hydrogen (secondary N) is 1. The highest BCUT2D eigenvalue weighted by Crippen LogP contribution is 2.36. The molecule has 3 aromatic carbocycles. The number of nitro groups is 2. The molecule has 0 fully saturated rings. The normalized spacial score (nSPS) is 10.9. The molecule has 2 heterocycles. The second-order valence-corrected chi connectivity index (χ2v) is 11.5. The summed E-state index contributed by atoms with van der Waals surface area (Å²) < 4.78 is 1.61. The Morgan fingerprint density at radius 3 is 1.90 bits per heavy atom. The van der Waals surface area contributed by atoms with E-state index in [9.17, 15) is 25.5 Å². The third-order valence-electron chi connectivity index (χ3n) is 6.10. The number of benzene rings is 3. The number of fused-ring (bicyclic) bond motifs is 2. The summed E-state index contributed by atoms with van der Waals surface area (Å²) >= 11 is 12.6. The minimum Gasteiger partial charge on any atom is -0.349 e. The van der Waals surface area contributed by atoms with Crippen LogP contribution in [0.3, 0.4) is 0 Å². The van der Waals surface area contributed by atoms with Crippen LogP contribution in [0.4, 0.5) is 22.7 Å². The molecule has 0 atom stereocenters. The van der Waals surface area contributed by atoms with E-state index in [2.05, 4.69) is 53.2 Å². The van der Waals surface area contributed by atoms with Crippen molar-refractivity contribution in [2.45, 2.75) is 19.3 Å². The number of nitrogens with zero attached hydrogens (tertiary/aromatic N) is 5. The first kappa shape index (κ1) is 29.8. The van der Waals surface area contributed by atoms with E-state index in [0.717, 1.165) is 14.5 Å². The summed E-state index contributed by atoms with van der Waals surface area (Å²) in [6.07, 6.45) is 2.42. The van der Waals surface area contributed by atoms with E-state index in [-0.39, 0.29) is 16.4 Å². The highest BCUT2D eigenvalue weighted by atomic mass is 79.9. The van der Waals surface area contributed by atoms with Crippen molar-refractivity contribution in [2.24, 2.45) is 0 Å². The molecule has 206 valence electrons. The van der Waals surface area contributed by atoms with Gasteiger partial charge in [-0.1, -0.05) is 55.6 Å². The van der Waals surface area contributed by atoms with Crippen LogP contribution in [0.5, 0.6) is 0 Å². The van der Waals surface area contributed by atoms with E-state index in [0.29, 0.717) is 33.2 Å². The molecule has 0 unspecified atom stereocenters. The van der Waals surface area contributed by atoms with Gasteiger partial charge in [0.25, 0.3) is 0 Å². The van der Waals surface area contributed by atoms with E-state index < -0.39 is 15.3 Å². The number of pyridine rings is 2. The first-order chi connectivity index (χ1) is 19.4. The van der Waals surface area contributed by atoms with Gasteiger partial charge in [0, 0.05) is 25.4 Å². The quantitative estimate of drug-likeness (QED) is 0.141. The lowest BCUT2D eigenvalue weighted by Gasteiger charge is -2.16. The topological polar surface area (TPSA) is 148 Å². The Balaban J connectivity index is 0.000000218. The van der Waals surface area contributed by atoms with Crippen LogP contribution >= 0.6 is 43.5 Å². The van der Waals surface area contributed by atoms with Gasteiger partial charge in [0.2, 0.25) is 0 Å². The van der Waals surface area contributed by atoms with Gasteiger partial charge in [-0.05, 0) is 67.9 Å². The number of anilines is 2. The van der Waals surface area contributed by atoms with Crippen LogP contribution in [0, 0.1) is 31.6 Å². The third-order valence-corrected chi connectivity index (χ3v) is 7.49. The first-order valence-electron chi connectivity index (χ1n) is 11.8. The van der Waals surface area contributed by atoms with Crippen LogP contribution in [-0.2, 0) is 5.41 Å². The third kappa shape index (κ3) is 6.59. The Hall–Kier alpha value is -4.18. The Bertz CT molecular complexity index is 1860. The van der Waals surface area contributed by atoms with Crippen molar-refractivity contribution in [1.82, 2.24) is 9.97 Å². The highest BCUT2D eigenvalue weighted by Gasteiger charge is 2.21. The zero-order chi connectivity index (χ0) is 29.9. The fraction of sp³-hybridized carbons (Fsp3) is 0.107. The lowest BCUT2D eigenvalue weighted by Crippen LogP contribution is -2.13. The van der Waals surface area contributed by atoms with Gasteiger partial charge in [0.1, 0.15) is 23.1 Å². The number of nitriles is 1. The van der Waals surface area contributed by atoms with Gasteiger partial charge in [0.15, 0.2) is 0 Å². The molecule has 5 rings (SSSR count). The largest absolute Gasteiger partial charge is 0.349 e. The van der Waals surface area contributed by atoms with Crippen molar-refractivity contribution in [2.75, 3.05) is 5.32 Å². The van der Waals surface area contributed by atoms with E-state index >= 15 is 0 Å². The molecule has 0 saturated heterocycles. The molecule has 0 spiro atoms. The minimum atomic E-state index is -0.598. The zero-order valence-electron chi connectivity index (χ0n) is 21.4. The maximum absolute atomic E-state index is 11.4. The summed E-state index contributed by atoms with van der Waals surface area (Å²) in [6, 6.07) is 20.2. The minimum absolute atomic E-state index is 0.1000. The Morgan fingerprint density at radius 2 is 1.37 bits per heavy atom. The summed E-state index contributed by atoms with van der Waals surface area (Å²) in [5.41, 5.74) is 2.37. The second kappa shape index (κ2) is 12.1. The van der Waals surface area contributed by atoms with Gasteiger partial charge in [-0.3, -0.25) is 20.2 Å². The fourth-order valence-corrected chi connectivity index (χ4v) is 4.84. The average Bonchev–Trinajstić information content (AvgIpc) is 2.94. The summed E-state index contributed by atoms with van der Waals surface area (Å²) in [4.78, 5) is 29.2. The molecule has 10 nitrogen and oxygen atoms in total. The van der Waals surface area contributed by atoms with E-state index in [1.54, 1.807) is 30.3 Å². The highest BCUT2D eigenvalue weighted by molar-refractivity contribution is 9.10. The lowest BCUT2D eigenvalue weighted by atomic mass is 9.86. The number of rotatable bonds is 5. The van der Waals surface area contributed by atoms with E-state index in [1.165, 1.54) is 12.4 Å². The summed E-state index contributed by atoms with van der Waals surface area (Å²) in [5.74, 6) is 0. The number of halogens is 3. The molecule has 0 aliphatic rings. The summed E-state index contributed by atoms with van der Waals surface area (Å²) in [5, 5.41) is 35.8. The first-order valence-corrected chi connectivity index (χ1v) is 13.8. The van der Waals surface area contributed by atoms with Crippen LogP contribution in [0.15, 0.2) is 82.0 Å². The lowest BCUT2D eigenvalue weighted by molar-refractivity contribution is -0.384. The van der Waals surface area contributed by atoms with Crippen molar-refractivity contribution in [3.63, 3.8) is 0 Å². The van der Waals surface area contributed by atoms with Gasteiger partial charge in [-0.2, -0.15) is 5.26 Å². The predicted molar refractivity (Wildman–Crippen MR) is 166 cm³/mol. The van der Waals surface area contributed by atoms with Crippen LogP contribution in [-0.4, -0.2) is 19.8 Å². The van der Waals surface area contributed by atoms with E-state index in [4.69, 9.17) is 11.6 Å². The van der Waals surface area contributed by atoms with Crippen LogP contribution in [0.2, 0.25) is 5.02 Å². The van der Waals surface area contributed by atoms with Crippen LogP contribution < -0.4 is 5.32 Å². The molecule has 5 aromatic rings. The predicted octanol–water partition coefficient (Wildman–Crippen LogP) is 9.01. The van der Waals surface area contributed by atoms with Crippen molar-refractivity contribution in [3.8, 4) is 6.07 Å². The fourth-order valence-electron chi connectivity index (χ4n) is 3.85. The van der Waals surface area contributed by atoms with Gasteiger partial charge < -0.3 is 5.32 Å². The molecule has 1 N–H and O–H groups in total. The molecule has 41 heavy (non-hydrogen) atoms. The van der Waals surface area contributed by atoms with Gasteiger partial charge in [0.05, 0.1) is 32.4 Å². The SMILES string of the molecule is CC(C)(C#N)c1ccc(Nc2c([N+](=O)[O-])cnc3ccc(Br)cc23)cc1.O=[N+]([O-])c1cnc2ccc(Br)cc2c1Cl. The number of hydrogen-bond acceptors (Lipinski definition) is 8. The molecule has 0 bridgehead atoms. The number of hydrogen-bond donors (Lipinski definition) is 1. The van der Waals surface area contributed by atoms with Crippen molar-refractivity contribution in [1.29, 1.82) is 5.26 Å². The van der Waals surface area contributed by atoms with Crippen molar-refractivity contribution >= 4 is 88.0 Å². The summed E-state index contributed by atoms with van der Waals surface area (Å²) in [7, 11) is 0. The smallest absolute Gasteiger partial charge is 0.311 e. The Morgan fingerprint density at radius 1 is 0.854 bits per heavy atom. The Kier molecular flexibility index (Phi) is 8.82. The molecule has 0 aliphatic heterocycles. The molecule has 2 aromatic heterocycles. The van der Waals surface area contributed by atoms with Gasteiger partial charge >= 0.3 is 11.4 Å². The zero-order valence-corrected chi connectivity index (χ0v) is 25.4. The second-order valence-electron chi connectivity index (χ2n) is 9.25. The molecular weight excluding hydrogens is 680 g/mol. The molecular formula is C28H19Br2ClN6O4. The Labute approximate surface area is 255 Å². The van der Waals surface area contributed by atoms with Crippen molar-refractivity contribution < 1.29 is 9.85 Å². The van der Waals surface area contributed by atoms with Crippen LogP contribution in [0.25, 0.3) is 21.8 Å². The molecule has 0 radical (unpaired) electrons. The number of aromatic nitrogens is 2. The molecule has 0 amide bonds.